The summed E-state index contributed by atoms with van der Waals surface area (Å²) in [6, 6.07) is 17.5. The molecule has 0 unspecified atom stereocenters. The Kier molecular flexibility index (Phi) is 8.61. The fourth-order valence-corrected chi connectivity index (χ4v) is 7.24. The Labute approximate surface area is 251 Å². The minimum Gasteiger partial charge on any atom is -0.379 e. The average Bonchev–Trinajstić information content (AvgIpc) is 3.36. The number of pyridine rings is 1. The number of H-pyrrole nitrogens is 1. The largest absolute Gasteiger partial charge is 0.379 e. The van der Waals surface area contributed by atoms with Crippen molar-refractivity contribution in [3.8, 4) is 11.1 Å². The van der Waals surface area contributed by atoms with Gasteiger partial charge in [0.05, 0.1) is 35.7 Å². The maximum atomic E-state index is 13.4. The molecule has 2 aromatic carbocycles. The maximum absolute atomic E-state index is 13.4. The van der Waals surface area contributed by atoms with Crippen LogP contribution in [0, 0.1) is 0 Å². The Balaban J connectivity index is 1.41. The van der Waals surface area contributed by atoms with E-state index in [0.29, 0.717) is 35.4 Å². The van der Waals surface area contributed by atoms with E-state index in [9.17, 15) is 21.6 Å². The smallest absolute Gasteiger partial charge is 0.268 e. The van der Waals surface area contributed by atoms with Gasteiger partial charge in [-0.2, -0.15) is 4.31 Å². The summed E-state index contributed by atoms with van der Waals surface area (Å²) in [6.45, 7) is 7.34. The second-order valence-corrected chi connectivity index (χ2v) is 15.1. The number of hydrogen-bond donors (Lipinski definition) is 3. The first-order chi connectivity index (χ1) is 20.3. The van der Waals surface area contributed by atoms with Crippen LogP contribution in [0.2, 0.25) is 0 Å². The van der Waals surface area contributed by atoms with Gasteiger partial charge in [0.1, 0.15) is 11.3 Å². The monoisotopic (exact) mass is 625 g/mol. The molecule has 1 fully saturated rings. The van der Waals surface area contributed by atoms with Gasteiger partial charge in [-0.3, -0.25) is 9.52 Å². The number of benzene rings is 2. The van der Waals surface area contributed by atoms with E-state index in [0.717, 1.165) is 5.56 Å². The Hall–Kier alpha value is -3.78. The molecule has 0 atom stereocenters. The molecule has 3 N–H and O–H groups in total. The summed E-state index contributed by atoms with van der Waals surface area (Å²) in [6.07, 6.45) is 1.38. The molecule has 1 saturated heterocycles. The number of morpholine rings is 1. The molecule has 0 aliphatic carbocycles. The van der Waals surface area contributed by atoms with Crippen molar-refractivity contribution < 1.29 is 26.4 Å². The van der Waals surface area contributed by atoms with Crippen LogP contribution in [0.5, 0.6) is 0 Å². The van der Waals surface area contributed by atoms with E-state index in [-0.39, 0.29) is 47.1 Å². The highest BCUT2D eigenvalue weighted by Crippen LogP contribution is 2.34. The normalized spacial score (nSPS) is 15.0. The number of sulfonamides is 2. The Morgan fingerprint density at radius 3 is 2.33 bits per heavy atom. The number of ether oxygens (including phenoxy) is 1. The molecule has 4 aromatic rings. The van der Waals surface area contributed by atoms with Gasteiger partial charge in [-0.1, -0.05) is 63.2 Å². The van der Waals surface area contributed by atoms with Crippen molar-refractivity contribution in [2.75, 3.05) is 43.3 Å². The molecule has 2 aromatic heterocycles. The van der Waals surface area contributed by atoms with Gasteiger partial charge in [0, 0.05) is 30.6 Å². The zero-order valence-corrected chi connectivity index (χ0v) is 25.9. The van der Waals surface area contributed by atoms with E-state index < -0.39 is 26.0 Å². The Morgan fingerprint density at radius 1 is 1.00 bits per heavy atom. The molecular weight excluding hydrogens is 590 g/mol. The zero-order chi connectivity index (χ0) is 30.8. The minimum absolute atomic E-state index is 0.0887. The number of fused-ring (bicyclic) bond motifs is 1. The molecule has 0 spiro atoms. The highest BCUT2D eigenvalue weighted by Gasteiger charge is 2.26. The second kappa shape index (κ2) is 12.1. The predicted molar refractivity (Wildman–Crippen MR) is 166 cm³/mol. The molecular formula is C30H35N5O6S2. The molecule has 43 heavy (non-hydrogen) atoms. The maximum Gasteiger partial charge on any atom is 0.268 e. The molecule has 1 aliphatic rings. The first-order valence-corrected chi connectivity index (χ1v) is 17.0. The molecule has 0 saturated carbocycles. The molecule has 1 aliphatic heterocycles. The average molecular weight is 626 g/mol. The summed E-state index contributed by atoms with van der Waals surface area (Å²) in [5, 5.41) is 3.24. The number of carbonyl (C=O) groups is 1. The van der Waals surface area contributed by atoms with Crippen molar-refractivity contribution in [2.24, 2.45) is 0 Å². The van der Waals surface area contributed by atoms with E-state index in [4.69, 9.17) is 4.74 Å². The van der Waals surface area contributed by atoms with Crippen LogP contribution >= 0.6 is 0 Å². The summed E-state index contributed by atoms with van der Waals surface area (Å²) in [5.74, 6) is -0.754. The molecule has 13 heteroatoms. The number of aromatic nitrogens is 2. The number of amides is 1. The van der Waals surface area contributed by atoms with Gasteiger partial charge in [0.2, 0.25) is 10.0 Å². The van der Waals surface area contributed by atoms with Gasteiger partial charge in [0.25, 0.3) is 15.9 Å². The Bertz CT molecular complexity index is 1830. The van der Waals surface area contributed by atoms with Crippen LogP contribution in [0.4, 0.5) is 5.69 Å². The number of nitrogens with one attached hydrogen (secondary N) is 3. The van der Waals surface area contributed by atoms with Crippen LogP contribution in [-0.4, -0.2) is 75.6 Å². The van der Waals surface area contributed by atoms with Gasteiger partial charge < -0.3 is 15.0 Å². The molecule has 228 valence electrons. The van der Waals surface area contributed by atoms with Crippen molar-refractivity contribution in [1.29, 1.82) is 0 Å². The number of anilines is 1. The molecule has 1 amide bonds. The van der Waals surface area contributed by atoms with Gasteiger partial charge in [0.15, 0.2) is 0 Å². The second-order valence-electron chi connectivity index (χ2n) is 11.3. The summed E-state index contributed by atoms with van der Waals surface area (Å²) < 4.78 is 61.0. The lowest BCUT2D eigenvalue weighted by atomic mass is 9.87. The molecule has 0 bridgehead atoms. The summed E-state index contributed by atoms with van der Waals surface area (Å²) in [7, 11) is -7.47. The topological polar surface area (TPSA) is 151 Å². The van der Waals surface area contributed by atoms with Crippen molar-refractivity contribution >= 4 is 42.7 Å². The van der Waals surface area contributed by atoms with Crippen LogP contribution in [0.25, 0.3) is 22.2 Å². The van der Waals surface area contributed by atoms with E-state index in [1.54, 1.807) is 30.3 Å². The first kappa shape index (κ1) is 30.7. The highest BCUT2D eigenvalue weighted by atomic mass is 32.2. The lowest BCUT2D eigenvalue weighted by Gasteiger charge is -2.26. The van der Waals surface area contributed by atoms with Crippen LogP contribution in [0.15, 0.2) is 71.8 Å². The van der Waals surface area contributed by atoms with E-state index in [1.807, 2.05) is 30.3 Å². The summed E-state index contributed by atoms with van der Waals surface area (Å²) in [5.41, 5.74) is 2.92. The number of nitrogens with zero attached hydrogens (tertiary/aromatic N) is 2. The van der Waals surface area contributed by atoms with Gasteiger partial charge >= 0.3 is 0 Å². The number of carbonyl (C=O) groups excluding carboxylic acids is 1. The molecule has 11 nitrogen and oxygen atoms in total. The first-order valence-electron chi connectivity index (χ1n) is 13.9. The number of aromatic amines is 1. The standard InChI is InChI=1S/C30H35N5O6S2/c1-30(2,3)22-9-11-24(12-10-22)43(39,40)34-23-19-25-26(21-7-5-4-6-8-21)27(33-28(25)32-20-23)29(36)31-13-18-42(37,38)35-14-16-41-17-15-35/h4-12,19-20,34H,13-18H2,1-3H3,(H,31,36)(H,32,33). The van der Waals surface area contributed by atoms with Crippen molar-refractivity contribution in [3.05, 3.63) is 78.1 Å². The fraction of sp³-hybridized carbons (Fsp3) is 0.333. The van der Waals surface area contributed by atoms with Crippen LogP contribution < -0.4 is 10.0 Å². The lowest BCUT2D eigenvalue weighted by Crippen LogP contribution is -2.43. The van der Waals surface area contributed by atoms with E-state index in [2.05, 4.69) is 40.8 Å². The highest BCUT2D eigenvalue weighted by molar-refractivity contribution is 7.92. The molecule has 3 heterocycles. The molecule has 5 rings (SSSR count). The predicted octanol–water partition coefficient (Wildman–Crippen LogP) is 3.72. The Morgan fingerprint density at radius 2 is 1.67 bits per heavy atom. The summed E-state index contributed by atoms with van der Waals surface area (Å²) in [4.78, 5) is 20.9. The van der Waals surface area contributed by atoms with Crippen LogP contribution in [0.3, 0.4) is 0 Å². The van der Waals surface area contributed by atoms with Gasteiger partial charge in [-0.05, 0) is 34.7 Å². The van der Waals surface area contributed by atoms with Crippen molar-refractivity contribution in [1.82, 2.24) is 19.6 Å². The minimum atomic E-state index is -3.91. The quantitative estimate of drug-likeness (QED) is 0.257. The zero-order valence-electron chi connectivity index (χ0n) is 24.3. The van der Waals surface area contributed by atoms with Crippen molar-refractivity contribution in [2.45, 2.75) is 31.1 Å². The van der Waals surface area contributed by atoms with Crippen LogP contribution in [-0.2, 0) is 30.2 Å². The lowest BCUT2D eigenvalue weighted by molar-refractivity contribution is 0.0730. The van der Waals surface area contributed by atoms with Gasteiger partial charge in [-0.25, -0.2) is 21.8 Å². The third kappa shape index (κ3) is 6.90. The van der Waals surface area contributed by atoms with Crippen molar-refractivity contribution in [3.63, 3.8) is 0 Å². The van der Waals surface area contributed by atoms with Gasteiger partial charge in [-0.15, -0.1) is 0 Å². The third-order valence-corrected chi connectivity index (χ3v) is 10.5. The third-order valence-electron chi connectivity index (χ3n) is 7.23. The SMILES string of the molecule is CC(C)(C)c1ccc(S(=O)(=O)Nc2cnc3[nH]c(C(=O)NCCS(=O)(=O)N4CCOCC4)c(-c4ccccc4)c3c2)cc1. The number of rotatable bonds is 9. The van der Waals surface area contributed by atoms with E-state index in [1.165, 1.54) is 10.5 Å². The number of hydrogen-bond acceptors (Lipinski definition) is 7. The fourth-order valence-electron chi connectivity index (χ4n) is 4.89. The molecule has 0 radical (unpaired) electrons. The van der Waals surface area contributed by atoms with Crippen LogP contribution in [0.1, 0.15) is 36.8 Å². The van der Waals surface area contributed by atoms with E-state index >= 15 is 0 Å². The summed E-state index contributed by atoms with van der Waals surface area (Å²) >= 11 is 0.